The smallest absolute Gasteiger partial charge is 0.341 e. The zero-order chi connectivity index (χ0) is 25.5. The Balaban J connectivity index is 1.55. The first-order valence-corrected chi connectivity index (χ1v) is 13.1. The molecule has 0 aromatic heterocycles. The first kappa shape index (κ1) is 25.4. The lowest BCUT2D eigenvalue weighted by atomic mass is 10.00. The highest BCUT2D eigenvalue weighted by molar-refractivity contribution is 7.92. The third-order valence-corrected chi connectivity index (χ3v) is 6.94. The number of sulfonamides is 1. The summed E-state index contributed by atoms with van der Waals surface area (Å²) < 4.78 is 34.1. The van der Waals surface area contributed by atoms with Crippen LogP contribution >= 0.6 is 11.6 Å². The molecule has 0 fully saturated rings. The molecule has 0 amide bonds. The third-order valence-electron chi connectivity index (χ3n) is 5.53. The van der Waals surface area contributed by atoms with E-state index in [9.17, 15) is 13.2 Å². The fraction of sp³-hybridized carbons (Fsp3) is 0.107. The predicted molar refractivity (Wildman–Crippen MR) is 143 cm³/mol. The molecule has 36 heavy (non-hydrogen) atoms. The highest BCUT2D eigenvalue weighted by atomic mass is 35.5. The summed E-state index contributed by atoms with van der Waals surface area (Å²) in [4.78, 5) is 10.9. The molecule has 184 valence electrons. The van der Waals surface area contributed by atoms with Crippen LogP contribution in [-0.4, -0.2) is 32.6 Å². The van der Waals surface area contributed by atoms with E-state index >= 15 is 0 Å². The van der Waals surface area contributed by atoms with Gasteiger partial charge in [-0.05, 0) is 46.7 Å². The van der Waals surface area contributed by atoms with Gasteiger partial charge in [-0.2, -0.15) is 0 Å². The summed E-state index contributed by atoms with van der Waals surface area (Å²) in [7, 11) is -3.77. The van der Waals surface area contributed by atoms with E-state index in [0.717, 1.165) is 27.5 Å². The van der Waals surface area contributed by atoms with Gasteiger partial charge in [0.1, 0.15) is 5.75 Å². The van der Waals surface area contributed by atoms with Gasteiger partial charge in [-0.25, -0.2) is 17.9 Å². The molecule has 4 aromatic rings. The Kier molecular flexibility index (Phi) is 8.05. The predicted octanol–water partition coefficient (Wildman–Crippen LogP) is 5.51. The Morgan fingerprint density at radius 3 is 2.25 bits per heavy atom. The Bertz CT molecular complexity index is 1500. The van der Waals surface area contributed by atoms with Crippen molar-refractivity contribution in [3.8, 4) is 5.75 Å². The minimum Gasteiger partial charge on any atom is -0.481 e. The van der Waals surface area contributed by atoms with Gasteiger partial charge in [0.15, 0.2) is 6.61 Å². The first-order valence-electron chi connectivity index (χ1n) is 11.2. The zero-order valence-electron chi connectivity index (χ0n) is 19.2. The lowest BCUT2D eigenvalue weighted by Gasteiger charge is -2.12. The summed E-state index contributed by atoms with van der Waals surface area (Å²) >= 11 is 6.02. The van der Waals surface area contributed by atoms with E-state index in [4.69, 9.17) is 21.4 Å². The van der Waals surface area contributed by atoms with Crippen LogP contribution < -0.4 is 9.46 Å². The number of carboxylic acids is 1. The molecule has 0 aliphatic heterocycles. The summed E-state index contributed by atoms with van der Waals surface area (Å²) in [6, 6.07) is 27.3. The van der Waals surface area contributed by atoms with Gasteiger partial charge in [0.05, 0.1) is 5.41 Å². The van der Waals surface area contributed by atoms with E-state index in [2.05, 4.69) is 4.72 Å². The number of fused-ring (bicyclic) bond motifs is 1. The van der Waals surface area contributed by atoms with E-state index in [1.54, 1.807) is 36.4 Å². The number of nitrogens with one attached hydrogen (secondary N) is 1. The fourth-order valence-corrected chi connectivity index (χ4v) is 5.08. The molecule has 0 aliphatic rings. The quantitative estimate of drug-likeness (QED) is 0.287. The summed E-state index contributed by atoms with van der Waals surface area (Å²) in [5.74, 6) is -0.588. The number of rotatable bonds is 10. The molecule has 0 spiro atoms. The van der Waals surface area contributed by atoms with Crippen molar-refractivity contribution in [2.75, 3.05) is 13.2 Å². The number of ether oxygens (including phenoxy) is 1. The molecule has 8 heteroatoms. The minimum atomic E-state index is -3.77. The number of hydrogen-bond donors (Lipinski definition) is 2. The molecule has 4 aromatic carbocycles. The molecule has 0 atom stereocenters. The van der Waals surface area contributed by atoms with Crippen LogP contribution in [0, 0.1) is 0 Å². The molecule has 0 radical (unpaired) electrons. The lowest BCUT2D eigenvalue weighted by Crippen LogP contribution is -2.24. The number of aliphatic carboxylic acids is 1. The maximum absolute atomic E-state index is 13.0. The van der Waals surface area contributed by atoms with E-state index in [1.165, 1.54) is 5.41 Å². The van der Waals surface area contributed by atoms with Crippen molar-refractivity contribution < 1.29 is 23.1 Å². The molecule has 0 bridgehead atoms. The maximum Gasteiger partial charge on any atom is 0.341 e. The van der Waals surface area contributed by atoms with Gasteiger partial charge in [0.25, 0.3) is 0 Å². The van der Waals surface area contributed by atoms with Crippen molar-refractivity contribution >= 4 is 43.9 Å². The fourth-order valence-electron chi connectivity index (χ4n) is 3.90. The van der Waals surface area contributed by atoms with Crippen molar-refractivity contribution in [2.45, 2.75) is 6.42 Å². The minimum absolute atomic E-state index is 0.181. The van der Waals surface area contributed by atoms with E-state index in [1.807, 2.05) is 54.6 Å². The van der Waals surface area contributed by atoms with Crippen LogP contribution in [0.4, 0.5) is 0 Å². The van der Waals surface area contributed by atoms with Crippen LogP contribution in [0.5, 0.6) is 5.75 Å². The monoisotopic (exact) mass is 521 g/mol. The number of benzene rings is 4. The van der Waals surface area contributed by atoms with Gasteiger partial charge >= 0.3 is 5.97 Å². The molecule has 0 aliphatic carbocycles. The Morgan fingerprint density at radius 1 is 0.861 bits per heavy atom. The van der Waals surface area contributed by atoms with Crippen molar-refractivity contribution in [2.24, 2.45) is 0 Å². The highest BCUT2D eigenvalue weighted by Gasteiger charge is 2.13. The molecule has 0 heterocycles. The van der Waals surface area contributed by atoms with Gasteiger partial charge in [0, 0.05) is 22.5 Å². The van der Waals surface area contributed by atoms with Gasteiger partial charge in [-0.3, -0.25) is 0 Å². The van der Waals surface area contributed by atoms with Crippen molar-refractivity contribution in [1.82, 2.24) is 4.72 Å². The van der Waals surface area contributed by atoms with Gasteiger partial charge in [-0.1, -0.05) is 84.4 Å². The van der Waals surface area contributed by atoms with E-state index < -0.39 is 22.6 Å². The molecule has 6 nitrogen and oxygen atoms in total. The normalized spacial score (nSPS) is 12.0. The third kappa shape index (κ3) is 6.51. The number of hydrogen-bond acceptors (Lipinski definition) is 4. The van der Waals surface area contributed by atoms with Crippen molar-refractivity contribution in [3.63, 3.8) is 0 Å². The molecule has 2 N–H and O–H groups in total. The van der Waals surface area contributed by atoms with Crippen molar-refractivity contribution in [1.29, 1.82) is 0 Å². The van der Waals surface area contributed by atoms with Gasteiger partial charge in [0.2, 0.25) is 10.0 Å². The highest BCUT2D eigenvalue weighted by Crippen LogP contribution is 2.29. The summed E-state index contributed by atoms with van der Waals surface area (Å²) in [5.41, 5.74) is 2.98. The standard InChI is InChI=1S/C28H24ClNO5S/c29-23-14-12-22(13-15-23)26(20-6-2-1-3-7-20)19-36(33,34)30-17-16-21-8-4-10-25-24(21)9-5-11-27(25)35-18-28(31)32/h1-15,19,30H,16-18H2,(H,31,32). The second kappa shape index (κ2) is 11.4. The van der Waals surface area contributed by atoms with Crippen LogP contribution in [0.3, 0.4) is 0 Å². The summed E-state index contributed by atoms with van der Waals surface area (Å²) in [6.07, 6.45) is 0.439. The van der Waals surface area contributed by atoms with Crippen LogP contribution in [0.25, 0.3) is 16.3 Å². The first-order chi connectivity index (χ1) is 17.3. The van der Waals surface area contributed by atoms with Crippen LogP contribution in [0.1, 0.15) is 16.7 Å². The molecule has 0 saturated carbocycles. The Morgan fingerprint density at radius 2 is 1.53 bits per heavy atom. The molecule has 0 saturated heterocycles. The molecule has 0 unspecified atom stereocenters. The van der Waals surface area contributed by atoms with E-state index in [-0.39, 0.29) is 6.54 Å². The average Bonchev–Trinajstić information content (AvgIpc) is 2.87. The lowest BCUT2D eigenvalue weighted by molar-refractivity contribution is -0.139. The Hall–Kier alpha value is -3.65. The molecular formula is C28H24ClNO5S. The SMILES string of the molecule is O=C(O)COc1cccc2c(CCNS(=O)(=O)C=C(c3ccccc3)c3ccc(Cl)cc3)cccc12. The average molecular weight is 522 g/mol. The van der Waals surface area contributed by atoms with Gasteiger partial charge in [-0.15, -0.1) is 0 Å². The van der Waals surface area contributed by atoms with Crippen molar-refractivity contribution in [3.05, 3.63) is 118 Å². The molecule has 4 rings (SSSR count). The second-order valence-corrected chi connectivity index (χ2v) is 10.1. The second-order valence-electron chi connectivity index (χ2n) is 8.04. The maximum atomic E-state index is 13.0. The van der Waals surface area contributed by atoms with Gasteiger partial charge < -0.3 is 9.84 Å². The van der Waals surface area contributed by atoms with Crippen LogP contribution in [0.2, 0.25) is 5.02 Å². The summed E-state index contributed by atoms with van der Waals surface area (Å²) in [5, 5.41) is 12.4. The molecular weight excluding hydrogens is 498 g/mol. The van der Waals surface area contributed by atoms with Crippen LogP contribution in [-0.2, 0) is 21.2 Å². The number of carboxylic acid groups (broad SMARTS) is 1. The van der Waals surface area contributed by atoms with Crippen LogP contribution in [0.15, 0.2) is 96.4 Å². The zero-order valence-corrected chi connectivity index (χ0v) is 20.8. The topological polar surface area (TPSA) is 92.7 Å². The number of halogens is 1. The largest absolute Gasteiger partial charge is 0.481 e. The van der Waals surface area contributed by atoms with E-state index in [0.29, 0.717) is 22.8 Å². The summed E-state index contributed by atoms with van der Waals surface area (Å²) in [6.45, 7) is -0.256. The number of carbonyl (C=O) groups is 1. The Labute approximate surface area is 214 Å².